The van der Waals surface area contributed by atoms with Gasteiger partial charge in [-0.3, -0.25) is 0 Å². The second kappa shape index (κ2) is 3.77. The van der Waals surface area contributed by atoms with Crippen LogP contribution < -0.4 is 4.90 Å². The van der Waals surface area contributed by atoms with Crippen LogP contribution in [0.3, 0.4) is 0 Å². The highest BCUT2D eigenvalue weighted by molar-refractivity contribution is 5.57. The van der Waals surface area contributed by atoms with Gasteiger partial charge >= 0.3 is 0 Å². The number of nitrogens with zero attached hydrogens (tertiary/aromatic N) is 1. The Labute approximate surface area is 96.9 Å². The third-order valence-corrected chi connectivity index (χ3v) is 4.11. The predicted octanol–water partition coefficient (Wildman–Crippen LogP) is 2.35. The summed E-state index contributed by atoms with van der Waals surface area (Å²) in [7, 11) is 0. The molecular formula is C14H19NO. The van der Waals surface area contributed by atoms with E-state index in [9.17, 15) is 5.11 Å². The van der Waals surface area contributed by atoms with Crippen LogP contribution in [-0.2, 0) is 6.42 Å². The van der Waals surface area contributed by atoms with E-state index in [1.807, 2.05) is 0 Å². The molecule has 1 fully saturated rings. The van der Waals surface area contributed by atoms with E-state index in [1.54, 1.807) is 0 Å². The Morgan fingerprint density at radius 3 is 2.81 bits per heavy atom. The molecular weight excluding hydrogens is 198 g/mol. The molecule has 0 spiro atoms. The van der Waals surface area contributed by atoms with Crippen LogP contribution in [0, 0.1) is 0 Å². The third kappa shape index (κ3) is 1.71. The number of hydrogen-bond donors (Lipinski definition) is 1. The van der Waals surface area contributed by atoms with Gasteiger partial charge in [0.05, 0.1) is 5.60 Å². The van der Waals surface area contributed by atoms with Crippen LogP contribution in [-0.4, -0.2) is 23.8 Å². The normalized spacial score (nSPS) is 21.7. The number of fused-ring (bicyclic) bond motifs is 1. The number of rotatable bonds is 3. The van der Waals surface area contributed by atoms with E-state index in [0.717, 1.165) is 38.8 Å². The quantitative estimate of drug-likeness (QED) is 0.840. The molecule has 2 heteroatoms. The Balaban J connectivity index is 1.65. The zero-order valence-electron chi connectivity index (χ0n) is 9.65. The van der Waals surface area contributed by atoms with Gasteiger partial charge in [-0.25, -0.2) is 0 Å². The van der Waals surface area contributed by atoms with E-state index in [4.69, 9.17) is 0 Å². The van der Waals surface area contributed by atoms with Crippen molar-refractivity contribution in [3.05, 3.63) is 29.8 Å². The van der Waals surface area contributed by atoms with Crippen LogP contribution in [0.5, 0.6) is 0 Å². The van der Waals surface area contributed by atoms with Crippen LogP contribution in [0.25, 0.3) is 0 Å². The van der Waals surface area contributed by atoms with Crippen LogP contribution >= 0.6 is 0 Å². The minimum absolute atomic E-state index is 0.336. The molecule has 1 aliphatic carbocycles. The molecule has 1 heterocycles. The molecule has 0 aromatic heterocycles. The summed E-state index contributed by atoms with van der Waals surface area (Å²) in [5, 5.41) is 10.1. The molecule has 1 aromatic carbocycles. The van der Waals surface area contributed by atoms with Gasteiger partial charge in [0.1, 0.15) is 0 Å². The molecule has 0 amide bonds. The number of benzene rings is 1. The fourth-order valence-electron chi connectivity index (χ4n) is 2.82. The Bertz CT molecular complexity index is 384. The summed E-state index contributed by atoms with van der Waals surface area (Å²) in [6, 6.07) is 8.64. The first-order valence-electron chi connectivity index (χ1n) is 6.32. The fraction of sp³-hybridized carbons (Fsp3) is 0.571. The molecule has 16 heavy (non-hydrogen) atoms. The molecule has 2 nitrogen and oxygen atoms in total. The lowest BCUT2D eigenvalue weighted by Gasteiger charge is -2.38. The SMILES string of the molecule is OC1(CCN2CCc3ccccc32)CCC1. The largest absolute Gasteiger partial charge is 0.390 e. The first-order chi connectivity index (χ1) is 7.77. The number of hydrogen-bond acceptors (Lipinski definition) is 2. The average molecular weight is 217 g/mol. The average Bonchev–Trinajstić information content (AvgIpc) is 2.67. The van der Waals surface area contributed by atoms with Gasteiger partial charge in [-0.15, -0.1) is 0 Å². The standard InChI is InChI=1S/C14H19NO/c16-14(7-3-8-14)9-11-15-10-6-12-4-1-2-5-13(12)15/h1-2,4-5,16H,3,6-11H2. The van der Waals surface area contributed by atoms with Gasteiger partial charge in [-0.1, -0.05) is 18.2 Å². The van der Waals surface area contributed by atoms with Crippen molar-refractivity contribution in [1.82, 2.24) is 0 Å². The molecule has 1 saturated carbocycles. The molecule has 0 saturated heterocycles. The van der Waals surface area contributed by atoms with Gasteiger partial charge < -0.3 is 10.0 Å². The third-order valence-electron chi connectivity index (χ3n) is 4.11. The van der Waals surface area contributed by atoms with Crippen molar-refractivity contribution < 1.29 is 5.11 Å². The van der Waals surface area contributed by atoms with E-state index in [2.05, 4.69) is 29.2 Å². The maximum Gasteiger partial charge on any atom is 0.0664 e. The summed E-state index contributed by atoms with van der Waals surface area (Å²) in [4.78, 5) is 2.42. The molecule has 0 unspecified atom stereocenters. The summed E-state index contributed by atoms with van der Waals surface area (Å²) in [6.45, 7) is 2.13. The lowest BCUT2D eigenvalue weighted by Crippen LogP contribution is -2.40. The van der Waals surface area contributed by atoms with Crippen LogP contribution in [0.2, 0.25) is 0 Å². The maximum atomic E-state index is 10.1. The van der Waals surface area contributed by atoms with Gasteiger partial charge in [0.25, 0.3) is 0 Å². The molecule has 1 aliphatic heterocycles. The predicted molar refractivity (Wildman–Crippen MR) is 65.8 cm³/mol. The summed E-state index contributed by atoms with van der Waals surface area (Å²) in [5.74, 6) is 0. The van der Waals surface area contributed by atoms with Gasteiger partial charge in [0.15, 0.2) is 0 Å². The smallest absolute Gasteiger partial charge is 0.0664 e. The second-order valence-corrected chi connectivity index (χ2v) is 5.19. The van der Waals surface area contributed by atoms with E-state index < -0.39 is 0 Å². The molecule has 2 aliphatic rings. The topological polar surface area (TPSA) is 23.5 Å². The summed E-state index contributed by atoms with van der Waals surface area (Å²) in [6.07, 6.45) is 5.30. The van der Waals surface area contributed by atoms with Crippen molar-refractivity contribution in [2.75, 3.05) is 18.0 Å². The Hall–Kier alpha value is -1.02. The van der Waals surface area contributed by atoms with Crippen LogP contribution in [0.4, 0.5) is 5.69 Å². The van der Waals surface area contributed by atoms with Crippen molar-refractivity contribution in [3.8, 4) is 0 Å². The Kier molecular flexibility index (Phi) is 2.40. The van der Waals surface area contributed by atoms with Gasteiger partial charge in [0, 0.05) is 18.8 Å². The molecule has 1 N–H and O–H groups in total. The van der Waals surface area contributed by atoms with Crippen molar-refractivity contribution in [2.24, 2.45) is 0 Å². The molecule has 3 rings (SSSR count). The van der Waals surface area contributed by atoms with E-state index in [-0.39, 0.29) is 5.60 Å². The molecule has 1 aromatic rings. The molecule has 0 bridgehead atoms. The van der Waals surface area contributed by atoms with Crippen molar-refractivity contribution in [3.63, 3.8) is 0 Å². The number of anilines is 1. The minimum Gasteiger partial charge on any atom is -0.390 e. The first kappa shape index (κ1) is 10.2. The zero-order chi connectivity index (χ0) is 11.0. The fourth-order valence-corrected chi connectivity index (χ4v) is 2.82. The van der Waals surface area contributed by atoms with Crippen molar-refractivity contribution in [1.29, 1.82) is 0 Å². The van der Waals surface area contributed by atoms with E-state index in [1.165, 1.54) is 17.7 Å². The van der Waals surface area contributed by atoms with E-state index >= 15 is 0 Å². The maximum absolute atomic E-state index is 10.1. The molecule has 0 radical (unpaired) electrons. The second-order valence-electron chi connectivity index (χ2n) is 5.19. The minimum atomic E-state index is -0.336. The summed E-state index contributed by atoms with van der Waals surface area (Å²) >= 11 is 0. The Morgan fingerprint density at radius 2 is 2.06 bits per heavy atom. The Morgan fingerprint density at radius 1 is 1.25 bits per heavy atom. The highest BCUT2D eigenvalue weighted by Crippen LogP contribution is 2.36. The van der Waals surface area contributed by atoms with Crippen LogP contribution in [0.15, 0.2) is 24.3 Å². The first-order valence-corrected chi connectivity index (χ1v) is 6.32. The number of aliphatic hydroxyl groups is 1. The van der Waals surface area contributed by atoms with Gasteiger partial charge in [-0.2, -0.15) is 0 Å². The highest BCUT2D eigenvalue weighted by atomic mass is 16.3. The zero-order valence-corrected chi connectivity index (χ0v) is 9.65. The summed E-state index contributed by atoms with van der Waals surface area (Å²) < 4.78 is 0. The van der Waals surface area contributed by atoms with Gasteiger partial charge in [0.2, 0.25) is 0 Å². The van der Waals surface area contributed by atoms with Crippen molar-refractivity contribution in [2.45, 2.75) is 37.7 Å². The van der Waals surface area contributed by atoms with Crippen LogP contribution in [0.1, 0.15) is 31.2 Å². The summed E-state index contributed by atoms with van der Waals surface area (Å²) in [5.41, 5.74) is 2.51. The monoisotopic (exact) mass is 217 g/mol. The lowest BCUT2D eigenvalue weighted by atomic mass is 9.78. The highest BCUT2D eigenvalue weighted by Gasteiger charge is 2.34. The van der Waals surface area contributed by atoms with Crippen molar-refractivity contribution >= 4 is 5.69 Å². The molecule has 0 atom stereocenters. The van der Waals surface area contributed by atoms with E-state index in [0.29, 0.717) is 0 Å². The lowest BCUT2D eigenvalue weighted by molar-refractivity contribution is -0.0381. The molecule has 86 valence electrons. The number of para-hydroxylation sites is 1. The van der Waals surface area contributed by atoms with Gasteiger partial charge in [-0.05, 0) is 43.7 Å².